The Morgan fingerprint density at radius 1 is 1.45 bits per heavy atom. The first-order valence-electron chi connectivity index (χ1n) is 6.58. The third-order valence-corrected chi connectivity index (χ3v) is 5.77. The van der Waals surface area contributed by atoms with Crippen LogP contribution in [0.3, 0.4) is 0 Å². The lowest BCUT2D eigenvalue weighted by Gasteiger charge is -2.09. The van der Waals surface area contributed by atoms with E-state index in [9.17, 15) is 8.42 Å². The Balaban J connectivity index is 1.64. The molecule has 0 aromatic carbocycles. The maximum absolute atomic E-state index is 11.4. The first kappa shape index (κ1) is 13.9. The van der Waals surface area contributed by atoms with Crippen molar-refractivity contribution in [1.29, 1.82) is 0 Å². The molecule has 2 aromatic rings. The molecule has 1 saturated heterocycles. The number of fused-ring (bicyclic) bond motifs is 1. The topological polar surface area (TPSA) is 63.5 Å². The van der Waals surface area contributed by atoms with E-state index in [1.54, 1.807) is 0 Å². The molecule has 0 bridgehead atoms. The predicted molar refractivity (Wildman–Crippen MR) is 78.7 cm³/mol. The van der Waals surface area contributed by atoms with Gasteiger partial charge in [0.25, 0.3) is 0 Å². The highest BCUT2D eigenvalue weighted by atomic mass is 35.5. The molecule has 0 aliphatic carbocycles. The summed E-state index contributed by atoms with van der Waals surface area (Å²) in [4.78, 5) is 4.28. The minimum atomic E-state index is -2.81. The standard InChI is InChI=1S/C13H16ClN3O2S/c14-13-11(17-5-2-1-3-12(17)16-13)8-15-7-10-4-6-20(18,19)9-10/h1-3,5,10,15H,4,6-9H2. The number of rotatable bonds is 4. The quantitative estimate of drug-likeness (QED) is 0.929. The Labute approximate surface area is 122 Å². The molecule has 1 fully saturated rings. The number of nitrogens with zero attached hydrogens (tertiary/aromatic N) is 2. The van der Waals surface area contributed by atoms with E-state index in [0.717, 1.165) is 17.8 Å². The summed E-state index contributed by atoms with van der Waals surface area (Å²) in [5.41, 5.74) is 1.72. The van der Waals surface area contributed by atoms with Crippen LogP contribution in [0.2, 0.25) is 5.15 Å². The smallest absolute Gasteiger partial charge is 0.152 e. The number of pyridine rings is 1. The lowest BCUT2D eigenvalue weighted by molar-refractivity contribution is 0.517. The number of sulfone groups is 1. The fourth-order valence-electron chi connectivity index (χ4n) is 2.60. The normalized spacial score (nSPS) is 21.6. The van der Waals surface area contributed by atoms with Crippen LogP contribution in [0.15, 0.2) is 24.4 Å². The third kappa shape index (κ3) is 2.82. The van der Waals surface area contributed by atoms with Crippen molar-refractivity contribution in [2.45, 2.75) is 13.0 Å². The van der Waals surface area contributed by atoms with Crippen LogP contribution in [-0.2, 0) is 16.4 Å². The molecule has 1 N–H and O–H groups in total. The van der Waals surface area contributed by atoms with Crippen LogP contribution in [-0.4, -0.2) is 35.9 Å². The highest BCUT2D eigenvalue weighted by Gasteiger charge is 2.27. The molecule has 5 nitrogen and oxygen atoms in total. The minimum Gasteiger partial charge on any atom is -0.311 e. The van der Waals surface area contributed by atoms with Gasteiger partial charge in [-0.05, 0) is 31.0 Å². The van der Waals surface area contributed by atoms with E-state index >= 15 is 0 Å². The van der Waals surface area contributed by atoms with Gasteiger partial charge in [-0.2, -0.15) is 0 Å². The van der Waals surface area contributed by atoms with Crippen molar-refractivity contribution in [1.82, 2.24) is 14.7 Å². The molecule has 108 valence electrons. The summed E-state index contributed by atoms with van der Waals surface area (Å²) < 4.78 is 24.7. The monoisotopic (exact) mass is 313 g/mol. The minimum absolute atomic E-state index is 0.206. The van der Waals surface area contributed by atoms with Gasteiger partial charge in [0, 0.05) is 12.7 Å². The van der Waals surface area contributed by atoms with Gasteiger partial charge < -0.3 is 9.72 Å². The fraction of sp³-hybridized carbons (Fsp3) is 0.462. The predicted octanol–water partition coefficient (Wildman–Crippen LogP) is 1.51. The second-order valence-corrected chi connectivity index (χ2v) is 7.76. The van der Waals surface area contributed by atoms with Crippen LogP contribution in [0.5, 0.6) is 0 Å². The Kier molecular flexibility index (Phi) is 3.70. The molecule has 0 saturated carbocycles. The van der Waals surface area contributed by atoms with E-state index < -0.39 is 9.84 Å². The Bertz CT molecular complexity index is 726. The molecular weight excluding hydrogens is 298 g/mol. The van der Waals surface area contributed by atoms with Crippen molar-refractivity contribution in [3.8, 4) is 0 Å². The molecule has 1 aliphatic rings. The molecular formula is C13H16ClN3O2S. The number of halogens is 1. The maximum atomic E-state index is 11.4. The van der Waals surface area contributed by atoms with Crippen molar-refractivity contribution >= 4 is 27.1 Å². The summed E-state index contributed by atoms with van der Waals surface area (Å²) in [5, 5.41) is 3.78. The van der Waals surface area contributed by atoms with E-state index in [4.69, 9.17) is 11.6 Å². The van der Waals surface area contributed by atoms with Crippen molar-refractivity contribution in [3.63, 3.8) is 0 Å². The van der Waals surface area contributed by atoms with Gasteiger partial charge in [-0.3, -0.25) is 0 Å². The second kappa shape index (κ2) is 5.35. The van der Waals surface area contributed by atoms with Crippen molar-refractivity contribution < 1.29 is 8.42 Å². The van der Waals surface area contributed by atoms with Gasteiger partial charge in [0.15, 0.2) is 15.0 Å². The number of nitrogens with one attached hydrogen (secondary N) is 1. The average Bonchev–Trinajstić information content (AvgIpc) is 2.90. The molecule has 3 rings (SSSR count). The van der Waals surface area contributed by atoms with E-state index in [0.29, 0.717) is 29.7 Å². The van der Waals surface area contributed by atoms with E-state index in [2.05, 4.69) is 10.3 Å². The molecule has 0 amide bonds. The van der Waals surface area contributed by atoms with Gasteiger partial charge in [0.1, 0.15) is 5.65 Å². The first-order valence-corrected chi connectivity index (χ1v) is 8.78. The summed E-state index contributed by atoms with van der Waals surface area (Å²) in [6, 6.07) is 5.75. The van der Waals surface area contributed by atoms with Crippen molar-refractivity contribution in [3.05, 3.63) is 35.2 Å². The van der Waals surface area contributed by atoms with Gasteiger partial charge in [-0.25, -0.2) is 13.4 Å². The lowest BCUT2D eigenvalue weighted by Crippen LogP contribution is -2.24. The van der Waals surface area contributed by atoms with Gasteiger partial charge >= 0.3 is 0 Å². The third-order valence-electron chi connectivity index (χ3n) is 3.63. The highest BCUT2D eigenvalue weighted by Crippen LogP contribution is 2.19. The van der Waals surface area contributed by atoms with Crippen LogP contribution in [0.1, 0.15) is 12.1 Å². The maximum Gasteiger partial charge on any atom is 0.152 e. The number of imidazole rings is 1. The zero-order chi connectivity index (χ0) is 14.2. The molecule has 20 heavy (non-hydrogen) atoms. The van der Waals surface area contributed by atoms with Crippen molar-refractivity contribution in [2.24, 2.45) is 5.92 Å². The van der Waals surface area contributed by atoms with Crippen molar-refractivity contribution in [2.75, 3.05) is 18.1 Å². The summed E-state index contributed by atoms with van der Waals surface area (Å²) in [6.07, 6.45) is 2.67. The first-order chi connectivity index (χ1) is 9.55. The Morgan fingerprint density at radius 3 is 3.05 bits per heavy atom. The number of hydrogen-bond acceptors (Lipinski definition) is 4. The fourth-order valence-corrected chi connectivity index (χ4v) is 4.71. The molecule has 7 heteroatoms. The average molecular weight is 314 g/mol. The van der Waals surface area contributed by atoms with Crippen LogP contribution in [0.25, 0.3) is 5.65 Å². The van der Waals surface area contributed by atoms with E-state index in [1.165, 1.54) is 0 Å². The van der Waals surface area contributed by atoms with Crippen LogP contribution in [0.4, 0.5) is 0 Å². The van der Waals surface area contributed by atoms with Crippen LogP contribution < -0.4 is 5.32 Å². The van der Waals surface area contributed by atoms with Crippen LogP contribution in [0, 0.1) is 5.92 Å². The second-order valence-electron chi connectivity index (χ2n) is 5.18. The molecule has 1 unspecified atom stereocenters. The Hall–Kier alpha value is -1.11. The highest BCUT2D eigenvalue weighted by molar-refractivity contribution is 7.91. The summed E-state index contributed by atoms with van der Waals surface area (Å²) in [5.74, 6) is 0.814. The number of aromatic nitrogens is 2. The summed E-state index contributed by atoms with van der Waals surface area (Å²) in [7, 11) is -2.81. The largest absolute Gasteiger partial charge is 0.311 e. The van der Waals surface area contributed by atoms with E-state index in [-0.39, 0.29) is 5.92 Å². The number of hydrogen-bond donors (Lipinski definition) is 1. The van der Waals surface area contributed by atoms with Gasteiger partial charge in [-0.1, -0.05) is 17.7 Å². The van der Waals surface area contributed by atoms with Gasteiger partial charge in [0.05, 0.1) is 17.2 Å². The van der Waals surface area contributed by atoms with Gasteiger partial charge in [0.2, 0.25) is 0 Å². The lowest BCUT2D eigenvalue weighted by atomic mass is 10.1. The zero-order valence-electron chi connectivity index (χ0n) is 10.9. The van der Waals surface area contributed by atoms with Gasteiger partial charge in [-0.15, -0.1) is 0 Å². The van der Waals surface area contributed by atoms with Crippen LogP contribution >= 0.6 is 11.6 Å². The molecule has 2 aromatic heterocycles. The van der Waals surface area contributed by atoms with E-state index in [1.807, 2.05) is 28.8 Å². The zero-order valence-corrected chi connectivity index (χ0v) is 12.5. The summed E-state index contributed by atoms with van der Waals surface area (Å²) in [6.45, 7) is 1.27. The molecule has 1 aliphatic heterocycles. The molecule has 3 heterocycles. The summed E-state index contributed by atoms with van der Waals surface area (Å²) >= 11 is 6.14. The molecule has 0 spiro atoms. The molecule has 1 atom stereocenters. The molecule has 0 radical (unpaired) electrons. The Morgan fingerprint density at radius 2 is 2.30 bits per heavy atom. The SMILES string of the molecule is O=S1(=O)CCC(CNCc2c(Cl)nc3ccccn23)C1.